The summed E-state index contributed by atoms with van der Waals surface area (Å²) in [5, 5.41) is 0.549. The highest BCUT2D eigenvalue weighted by Gasteiger charge is 2.33. The number of halogens is 3. The van der Waals surface area contributed by atoms with Gasteiger partial charge in [0, 0.05) is 30.2 Å². The second-order valence-electron chi connectivity index (χ2n) is 7.60. The molecule has 162 valence electrons. The van der Waals surface area contributed by atoms with Gasteiger partial charge in [0.2, 0.25) is 0 Å². The fourth-order valence-electron chi connectivity index (χ4n) is 3.34. The van der Waals surface area contributed by atoms with E-state index in [0.717, 1.165) is 19.5 Å². The molecule has 0 aliphatic rings. The Kier molecular flexibility index (Phi) is 6.55. The van der Waals surface area contributed by atoms with E-state index in [1.54, 1.807) is 25.5 Å². The molecule has 0 saturated carbocycles. The molecule has 0 saturated heterocycles. The normalized spacial score (nSPS) is 13.3. The summed E-state index contributed by atoms with van der Waals surface area (Å²) in [6.07, 6.45) is 1.07. The average molecular weight is 421 g/mol. The van der Waals surface area contributed by atoms with Crippen molar-refractivity contribution >= 4 is 16.7 Å². The molecule has 3 aromatic heterocycles. The van der Waals surface area contributed by atoms with Gasteiger partial charge < -0.3 is 15.2 Å². The van der Waals surface area contributed by atoms with Crippen LogP contribution in [-0.2, 0) is 6.54 Å². The third-order valence-electron chi connectivity index (χ3n) is 4.89. The highest BCUT2D eigenvalue weighted by Crippen LogP contribution is 2.34. The van der Waals surface area contributed by atoms with Crippen molar-refractivity contribution in [3.8, 4) is 11.4 Å². The van der Waals surface area contributed by atoms with Crippen LogP contribution in [0.25, 0.3) is 22.3 Å². The Morgan fingerprint density at radius 1 is 1.20 bits per heavy atom. The quantitative estimate of drug-likeness (QED) is 0.594. The third-order valence-corrected chi connectivity index (χ3v) is 4.89. The molecule has 7 nitrogen and oxygen atoms in total. The maximum atomic E-state index is 13.0. The Morgan fingerprint density at radius 3 is 2.63 bits per heavy atom. The molecule has 0 fully saturated rings. The van der Waals surface area contributed by atoms with Crippen LogP contribution in [-0.4, -0.2) is 56.2 Å². The number of hydrogen-bond donors (Lipinski definition) is 1. The van der Waals surface area contributed by atoms with E-state index in [1.165, 1.54) is 0 Å². The Balaban J connectivity index is 1.98. The van der Waals surface area contributed by atoms with E-state index in [0.29, 0.717) is 22.3 Å². The summed E-state index contributed by atoms with van der Waals surface area (Å²) in [6.45, 7) is 3.42. The van der Waals surface area contributed by atoms with Crippen molar-refractivity contribution < 1.29 is 13.2 Å². The molecule has 3 aromatic rings. The molecule has 10 heteroatoms. The molecule has 3 heterocycles. The van der Waals surface area contributed by atoms with Crippen molar-refractivity contribution in [3.63, 3.8) is 0 Å². The molecule has 30 heavy (non-hydrogen) atoms. The van der Waals surface area contributed by atoms with Crippen LogP contribution in [0.1, 0.15) is 37.9 Å². The molecule has 0 aromatic carbocycles. The van der Waals surface area contributed by atoms with E-state index in [4.69, 9.17) is 5.73 Å². The third kappa shape index (κ3) is 5.24. The fraction of sp³-hybridized carbons (Fsp3) is 0.500. The minimum absolute atomic E-state index is 0.0829. The van der Waals surface area contributed by atoms with Gasteiger partial charge in [-0.05, 0) is 39.5 Å². The Bertz CT molecular complexity index is 998. The monoisotopic (exact) mass is 421 g/mol. The van der Waals surface area contributed by atoms with E-state index >= 15 is 0 Å². The fourth-order valence-corrected chi connectivity index (χ4v) is 3.34. The Morgan fingerprint density at radius 2 is 1.97 bits per heavy atom. The zero-order chi connectivity index (χ0) is 21.9. The number of nitrogen functional groups attached to an aromatic ring is 1. The molecule has 0 spiro atoms. The van der Waals surface area contributed by atoms with E-state index in [9.17, 15) is 13.2 Å². The van der Waals surface area contributed by atoms with Crippen LogP contribution in [0.4, 0.5) is 19.0 Å². The van der Waals surface area contributed by atoms with Crippen LogP contribution in [0, 0.1) is 0 Å². The van der Waals surface area contributed by atoms with Crippen molar-refractivity contribution in [2.45, 2.75) is 44.8 Å². The number of aromatic nitrogens is 5. The summed E-state index contributed by atoms with van der Waals surface area (Å²) in [7, 11) is 4.03. The number of nitrogens with zero attached hydrogens (tertiary/aromatic N) is 6. The first-order valence-corrected chi connectivity index (χ1v) is 9.83. The van der Waals surface area contributed by atoms with E-state index in [2.05, 4.69) is 24.8 Å². The number of anilines is 1. The maximum Gasteiger partial charge on any atom is 0.389 e. The summed E-state index contributed by atoms with van der Waals surface area (Å²) < 4.78 is 40.9. The highest BCUT2D eigenvalue weighted by molar-refractivity contribution is 5.96. The Labute approximate surface area is 173 Å². The number of aryl methyl sites for hydroxylation is 1. The van der Waals surface area contributed by atoms with Gasteiger partial charge in [-0.15, -0.1) is 0 Å². The van der Waals surface area contributed by atoms with Crippen molar-refractivity contribution in [1.82, 2.24) is 29.4 Å². The predicted octanol–water partition coefficient (Wildman–Crippen LogP) is 3.87. The summed E-state index contributed by atoms with van der Waals surface area (Å²) in [6, 6.07) is 1.66. The van der Waals surface area contributed by atoms with Gasteiger partial charge in [0.25, 0.3) is 0 Å². The molecule has 1 unspecified atom stereocenters. The number of alkyl halides is 3. The van der Waals surface area contributed by atoms with Crippen molar-refractivity contribution in [2.75, 3.05) is 26.4 Å². The first-order valence-electron chi connectivity index (χ1n) is 9.83. The molecule has 0 aliphatic heterocycles. The van der Waals surface area contributed by atoms with E-state index in [-0.39, 0.29) is 18.1 Å². The standard InChI is InChI=1S/C20H26F3N7/c1-4-13(10-20(21,22)23)19-27-16-14(18(24)28-19)6-7-25-17(16)15-11-30(12-26-15)9-5-8-29(2)3/h6-7,11-13H,4-5,8-10H2,1-3H3,(H2,24,27,28). The van der Waals surface area contributed by atoms with Gasteiger partial charge in [-0.1, -0.05) is 6.92 Å². The lowest BCUT2D eigenvalue weighted by Crippen LogP contribution is -2.16. The van der Waals surface area contributed by atoms with Crippen molar-refractivity contribution in [2.24, 2.45) is 0 Å². The summed E-state index contributed by atoms with van der Waals surface area (Å²) in [5.74, 6) is -0.641. The number of imidazole rings is 1. The van der Waals surface area contributed by atoms with Gasteiger partial charge in [0.05, 0.1) is 12.7 Å². The number of fused-ring (bicyclic) bond motifs is 1. The second-order valence-corrected chi connectivity index (χ2v) is 7.60. The lowest BCUT2D eigenvalue weighted by atomic mass is 10.0. The van der Waals surface area contributed by atoms with Crippen LogP contribution in [0.3, 0.4) is 0 Å². The topological polar surface area (TPSA) is 85.8 Å². The summed E-state index contributed by atoms with van der Waals surface area (Å²) in [4.78, 5) is 19.5. The number of pyridine rings is 1. The molecule has 3 rings (SSSR count). The van der Waals surface area contributed by atoms with Crippen LogP contribution >= 0.6 is 0 Å². The summed E-state index contributed by atoms with van der Waals surface area (Å²) in [5.41, 5.74) is 7.56. The molecule has 0 aliphatic carbocycles. The zero-order valence-corrected chi connectivity index (χ0v) is 17.3. The van der Waals surface area contributed by atoms with Crippen molar-refractivity contribution in [3.05, 3.63) is 30.6 Å². The summed E-state index contributed by atoms with van der Waals surface area (Å²) >= 11 is 0. The smallest absolute Gasteiger partial charge is 0.383 e. The largest absolute Gasteiger partial charge is 0.389 e. The van der Waals surface area contributed by atoms with Crippen LogP contribution in [0.5, 0.6) is 0 Å². The first kappa shape index (κ1) is 21.9. The molecular formula is C20H26F3N7. The van der Waals surface area contributed by atoms with Gasteiger partial charge in [-0.2, -0.15) is 13.2 Å². The lowest BCUT2D eigenvalue weighted by molar-refractivity contribution is -0.139. The molecule has 0 bridgehead atoms. The van der Waals surface area contributed by atoms with Gasteiger partial charge in [-0.25, -0.2) is 15.0 Å². The van der Waals surface area contributed by atoms with Gasteiger partial charge in [0.15, 0.2) is 0 Å². The Hall–Kier alpha value is -2.75. The average Bonchev–Trinajstić information content (AvgIpc) is 3.13. The SMILES string of the molecule is CCC(CC(F)(F)F)c1nc(N)c2ccnc(-c3cn(CCCN(C)C)cn3)c2n1. The van der Waals surface area contributed by atoms with E-state index in [1.807, 2.05) is 24.9 Å². The molecular weight excluding hydrogens is 395 g/mol. The first-order chi connectivity index (χ1) is 14.2. The molecule has 1 atom stereocenters. The van der Waals surface area contributed by atoms with E-state index < -0.39 is 18.5 Å². The van der Waals surface area contributed by atoms with Crippen LogP contribution in [0.15, 0.2) is 24.8 Å². The molecule has 2 N–H and O–H groups in total. The lowest BCUT2D eigenvalue weighted by Gasteiger charge is -2.17. The second kappa shape index (κ2) is 8.95. The molecule has 0 amide bonds. The van der Waals surface area contributed by atoms with Gasteiger partial charge in [0.1, 0.15) is 28.5 Å². The number of nitrogens with two attached hydrogens (primary N) is 1. The van der Waals surface area contributed by atoms with Crippen molar-refractivity contribution in [1.29, 1.82) is 0 Å². The highest BCUT2D eigenvalue weighted by atomic mass is 19.4. The zero-order valence-electron chi connectivity index (χ0n) is 17.3. The number of rotatable bonds is 8. The molecule has 0 radical (unpaired) electrons. The maximum absolute atomic E-state index is 13.0. The minimum atomic E-state index is -4.31. The van der Waals surface area contributed by atoms with Crippen LogP contribution in [0.2, 0.25) is 0 Å². The number of hydrogen-bond acceptors (Lipinski definition) is 6. The predicted molar refractivity (Wildman–Crippen MR) is 110 cm³/mol. The minimum Gasteiger partial charge on any atom is -0.383 e. The van der Waals surface area contributed by atoms with Gasteiger partial charge in [-0.3, -0.25) is 4.98 Å². The van der Waals surface area contributed by atoms with Gasteiger partial charge >= 0.3 is 6.18 Å². The van der Waals surface area contributed by atoms with Crippen LogP contribution < -0.4 is 5.73 Å².